The molecule has 0 bridgehead atoms. The lowest BCUT2D eigenvalue weighted by Crippen LogP contribution is -2.31. The number of furan rings is 1. The molecule has 4 rings (SSSR count). The molecular weight excluding hydrogens is 325 g/mol. The fourth-order valence-corrected chi connectivity index (χ4v) is 3.53. The molecule has 6 nitrogen and oxygen atoms in total. The van der Waals surface area contributed by atoms with Crippen LogP contribution in [-0.2, 0) is 26.6 Å². The maximum absolute atomic E-state index is 13.5. The number of rotatable bonds is 3. The van der Waals surface area contributed by atoms with Gasteiger partial charge in [0.15, 0.2) is 5.69 Å². The summed E-state index contributed by atoms with van der Waals surface area (Å²) in [5.41, 5.74) is 3.50. The van der Waals surface area contributed by atoms with Crippen LogP contribution in [0.5, 0.6) is 0 Å². The standard InChI is InChI=1S/C18H18FN3O3/c1-10-13-7-11(19)3-4-15(13)25-16(10)9-22-6-5-12-14(8-22)21(2)20-17(12)18(23)24/h3-4,7H,5-6,8-9H2,1-2H3,(H,23,24). The van der Waals surface area contributed by atoms with E-state index in [0.717, 1.165) is 34.5 Å². The van der Waals surface area contributed by atoms with Crippen LogP contribution in [0.2, 0.25) is 0 Å². The first-order valence-corrected chi connectivity index (χ1v) is 8.12. The minimum absolute atomic E-state index is 0.146. The molecule has 0 radical (unpaired) electrons. The van der Waals surface area contributed by atoms with Gasteiger partial charge in [-0.3, -0.25) is 9.58 Å². The van der Waals surface area contributed by atoms with E-state index in [9.17, 15) is 14.3 Å². The van der Waals surface area contributed by atoms with Crippen LogP contribution in [0.4, 0.5) is 4.39 Å². The molecule has 1 aliphatic heterocycles. The predicted molar refractivity (Wildman–Crippen MR) is 88.9 cm³/mol. The van der Waals surface area contributed by atoms with Crippen LogP contribution in [0.25, 0.3) is 11.0 Å². The minimum Gasteiger partial charge on any atom is -0.476 e. The summed E-state index contributed by atoms with van der Waals surface area (Å²) in [5.74, 6) is -0.452. The van der Waals surface area contributed by atoms with Crippen molar-refractivity contribution in [1.82, 2.24) is 14.7 Å². The molecule has 0 aliphatic carbocycles. The molecule has 0 amide bonds. The average Bonchev–Trinajstić information content (AvgIpc) is 3.06. The molecule has 3 heterocycles. The summed E-state index contributed by atoms with van der Waals surface area (Å²) in [6.45, 7) is 3.86. The van der Waals surface area contributed by atoms with Gasteiger partial charge in [-0.1, -0.05) is 0 Å². The van der Waals surface area contributed by atoms with Gasteiger partial charge in [0.25, 0.3) is 0 Å². The number of carboxylic acid groups (broad SMARTS) is 1. The van der Waals surface area contributed by atoms with Crippen LogP contribution < -0.4 is 0 Å². The molecule has 0 spiro atoms. The Morgan fingerprint density at radius 2 is 2.24 bits per heavy atom. The number of carbonyl (C=O) groups is 1. The molecule has 2 aromatic heterocycles. The monoisotopic (exact) mass is 343 g/mol. The average molecular weight is 343 g/mol. The maximum atomic E-state index is 13.5. The van der Waals surface area contributed by atoms with E-state index in [4.69, 9.17) is 4.42 Å². The maximum Gasteiger partial charge on any atom is 0.356 e. The SMILES string of the molecule is Cc1c(CN2CCc3c(C(=O)O)nn(C)c3C2)oc2ccc(F)cc12. The number of benzene rings is 1. The molecule has 25 heavy (non-hydrogen) atoms. The second kappa shape index (κ2) is 5.70. The van der Waals surface area contributed by atoms with Crippen molar-refractivity contribution in [3.05, 3.63) is 52.3 Å². The van der Waals surface area contributed by atoms with Gasteiger partial charge in [0, 0.05) is 31.1 Å². The molecular formula is C18H18FN3O3. The molecule has 0 saturated carbocycles. The summed E-state index contributed by atoms with van der Waals surface area (Å²) in [7, 11) is 1.77. The smallest absolute Gasteiger partial charge is 0.356 e. The van der Waals surface area contributed by atoms with E-state index >= 15 is 0 Å². The number of aromatic carboxylic acids is 1. The highest BCUT2D eigenvalue weighted by Gasteiger charge is 2.27. The zero-order valence-electron chi connectivity index (χ0n) is 14.0. The lowest BCUT2D eigenvalue weighted by molar-refractivity contribution is 0.0688. The third kappa shape index (κ3) is 2.60. The number of hydrogen-bond donors (Lipinski definition) is 1. The van der Waals surface area contributed by atoms with Gasteiger partial charge in [-0.05, 0) is 37.1 Å². The normalized spacial score (nSPS) is 14.8. The number of halogens is 1. The molecule has 0 atom stereocenters. The van der Waals surface area contributed by atoms with Gasteiger partial charge < -0.3 is 9.52 Å². The Labute approximate surface area is 143 Å². The minimum atomic E-state index is -0.986. The molecule has 1 aromatic carbocycles. The quantitative estimate of drug-likeness (QED) is 0.792. The first-order chi connectivity index (χ1) is 11.9. The molecule has 0 saturated heterocycles. The number of fused-ring (bicyclic) bond motifs is 2. The molecule has 130 valence electrons. The van der Waals surface area contributed by atoms with Crippen molar-refractivity contribution in [1.29, 1.82) is 0 Å². The Kier molecular flexibility index (Phi) is 3.61. The molecule has 3 aromatic rings. The highest BCUT2D eigenvalue weighted by molar-refractivity contribution is 5.87. The fraction of sp³-hybridized carbons (Fsp3) is 0.333. The Bertz CT molecular complexity index is 989. The van der Waals surface area contributed by atoms with Crippen LogP contribution in [-0.4, -0.2) is 32.3 Å². The molecule has 0 fully saturated rings. The van der Waals surface area contributed by atoms with Gasteiger partial charge in [-0.25, -0.2) is 9.18 Å². The zero-order chi connectivity index (χ0) is 17.7. The van der Waals surface area contributed by atoms with E-state index in [0.29, 0.717) is 25.1 Å². The first kappa shape index (κ1) is 15.8. The Morgan fingerprint density at radius 3 is 3.00 bits per heavy atom. The van der Waals surface area contributed by atoms with Crippen molar-refractivity contribution >= 4 is 16.9 Å². The van der Waals surface area contributed by atoms with Crippen molar-refractivity contribution in [3.8, 4) is 0 Å². The summed E-state index contributed by atoms with van der Waals surface area (Å²) in [5, 5.41) is 14.2. The van der Waals surface area contributed by atoms with E-state index in [2.05, 4.69) is 10.00 Å². The summed E-state index contributed by atoms with van der Waals surface area (Å²) in [6.07, 6.45) is 0.638. The largest absolute Gasteiger partial charge is 0.476 e. The van der Waals surface area contributed by atoms with E-state index in [1.165, 1.54) is 12.1 Å². The van der Waals surface area contributed by atoms with Gasteiger partial charge in [0.2, 0.25) is 0 Å². The van der Waals surface area contributed by atoms with Gasteiger partial charge in [-0.15, -0.1) is 0 Å². The van der Waals surface area contributed by atoms with Gasteiger partial charge in [-0.2, -0.15) is 5.10 Å². The summed E-state index contributed by atoms with van der Waals surface area (Å²) >= 11 is 0. The van der Waals surface area contributed by atoms with E-state index in [1.807, 2.05) is 6.92 Å². The summed E-state index contributed by atoms with van der Waals surface area (Å²) < 4.78 is 21.0. The predicted octanol–water partition coefficient (Wildman–Crippen LogP) is 2.87. The van der Waals surface area contributed by atoms with Crippen LogP contribution in [0, 0.1) is 12.7 Å². The second-order valence-corrected chi connectivity index (χ2v) is 6.45. The topological polar surface area (TPSA) is 71.5 Å². The van der Waals surface area contributed by atoms with E-state index < -0.39 is 5.97 Å². The van der Waals surface area contributed by atoms with Crippen molar-refractivity contribution in [2.24, 2.45) is 7.05 Å². The third-order valence-electron chi connectivity index (χ3n) is 4.89. The molecule has 1 N–H and O–H groups in total. The summed E-state index contributed by atoms with van der Waals surface area (Å²) in [6, 6.07) is 4.53. The zero-order valence-corrected chi connectivity index (χ0v) is 14.0. The molecule has 1 aliphatic rings. The van der Waals surface area contributed by atoms with Crippen LogP contribution in [0.1, 0.15) is 33.1 Å². The van der Waals surface area contributed by atoms with Crippen molar-refractivity contribution in [2.75, 3.05) is 6.54 Å². The van der Waals surface area contributed by atoms with Gasteiger partial charge in [0.05, 0.1) is 12.2 Å². The number of aromatic nitrogens is 2. The van der Waals surface area contributed by atoms with Crippen LogP contribution in [0.3, 0.4) is 0 Å². The molecule has 0 unspecified atom stereocenters. The van der Waals surface area contributed by atoms with Crippen LogP contribution in [0.15, 0.2) is 22.6 Å². The summed E-state index contributed by atoms with van der Waals surface area (Å²) in [4.78, 5) is 13.5. The molecule has 7 heteroatoms. The lowest BCUT2D eigenvalue weighted by atomic mass is 10.0. The Morgan fingerprint density at radius 1 is 1.44 bits per heavy atom. The fourth-order valence-electron chi connectivity index (χ4n) is 3.53. The van der Waals surface area contributed by atoms with E-state index in [1.54, 1.807) is 17.8 Å². The number of aryl methyl sites for hydroxylation is 2. The van der Waals surface area contributed by atoms with Crippen molar-refractivity contribution < 1.29 is 18.7 Å². The van der Waals surface area contributed by atoms with Crippen molar-refractivity contribution in [3.63, 3.8) is 0 Å². The van der Waals surface area contributed by atoms with Crippen molar-refractivity contribution in [2.45, 2.75) is 26.4 Å². The van der Waals surface area contributed by atoms with E-state index in [-0.39, 0.29) is 11.5 Å². The number of hydrogen-bond acceptors (Lipinski definition) is 4. The number of nitrogens with zero attached hydrogens (tertiary/aromatic N) is 3. The van der Waals surface area contributed by atoms with Gasteiger partial charge in [0.1, 0.15) is 17.2 Å². The third-order valence-corrected chi connectivity index (χ3v) is 4.89. The Balaban J connectivity index is 1.61. The van der Waals surface area contributed by atoms with Gasteiger partial charge >= 0.3 is 5.97 Å². The first-order valence-electron chi connectivity index (χ1n) is 8.12. The lowest BCUT2D eigenvalue weighted by Gasteiger charge is -2.26. The highest BCUT2D eigenvalue weighted by Crippen LogP contribution is 2.29. The van der Waals surface area contributed by atoms with Crippen LogP contribution >= 0.6 is 0 Å². The second-order valence-electron chi connectivity index (χ2n) is 6.45. The number of carboxylic acids is 1. The Hall–Kier alpha value is -2.67. The highest BCUT2D eigenvalue weighted by atomic mass is 19.1.